The third-order valence-corrected chi connectivity index (χ3v) is 5.51. The lowest BCUT2D eigenvalue weighted by Crippen LogP contribution is -2.22. The Hall–Kier alpha value is -3.21. The second-order valence-corrected chi connectivity index (χ2v) is 7.48. The number of fused-ring (bicyclic) bond motifs is 1. The molecule has 0 radical (unpaired) electrons. The van der Waals surface area contributed by atoms with Crippen LogP contribution in [0.15, 0.2) is 54.7 Å². The van der Waals surface area contributed by atoms with E-state index in [1.54, 1.807) is 23.2 Å². The zero-order valence-corrected chi connectivity index (χ0v) is 16.9. The summed E-state index contributed by atoms with van der Waals surface area (Å²) in [4.78, 5) is 18.6. The molecule has 1 aromatic heterocycles. The summed E-state index contributed by atoms with van der Waals surface area (Å²) in [5, 5.41) is 3.36. The maximum absolute atomic E-state index is 14.8. The van der Waals surface area contributed by atoms with E-state index >= 15 is 0 Å². The van der Waals surface area contributed by atoms with Gasteiger partial charge in [-0.15, -0.1) is 0 Å². The molecule has 2 heterocycles. The number of pyridine rings is 1. The maximum atomic E-state index is 14.8. The van der Waals surface area contributed by atoms with E-state index in [4.69, 9.17) is 0 Å². The van der Waals surface area contributed by atoms with Gasteiger partial charge in [0.15, 0.2) is 0 Å². The van der Waals surface area contributed by atoms with E-state index in [1.807, 2.05) is 57.2 Å². The quantitative estimate of drug-likeness (QED) is 0.640. The lowest BCUT2D eigenvalue weighted by molar-refractivity contribution is 0.0787. The minimum atomic E-state index is -0.251. The van der Waals surface area contributed by atoms with Crippen molar-refractivity contribution in [2.24, 2.45) is 0 Å². The molecule has 0 unspecified atom stereocenters. The lowest BCUT2D eigenvalue weighted by atomic mass is 9.99. The molecular weight excluding hydrogens is 365 g/mol. The Bertz CT molecular complexity index is 1060. The van der Waals surface area contributed by atoms with Gasteiger partial charge in [0, 0.05) is 29.4 Å². The van der Waals surface area contributed by atoms with Crippen molar-refractivity contribution < 1.29 is 9.18 Å². The molecule has 0 spiro atoms. The number of carbonyl (C=O) groups is 1. The maximum Gasteiger partial charge on any atom is 0.254 e. The number of anilines is 1. The van der Waals surface area contributed by atoms with Crippen molar-refractivity contribution in [3.8, 4) is 11.1 Å². The van der Waals surface area contributed by atoms with Crippen molar-refractivity contribution in [3.63, 3.8) is 0 Å². The number of carbonyl (C=O) groups excluding carboxylic acids is 1. The van der Waals surface area contributed by atoms with E-state index in [9.17, 15) is 9.18 Å². The molecule has 4 rings (SSSR count). The number of aryl methyl sites for hydroxylation is 1. The van der Waals surface area contributed by atoms with Gasteiger partial charge in [0.1, 0.15) is 11.6 Å². The standard InChI is InChI=1S/C24H24FN3O/c1-4-28-14-21-20(24(28)29)11-12-26-23(21)27-16(3)18-9-10-19(22(25)13-18)17-7-5-15(2)6-8-17/h5-13,16H,4,14H2,1-3H3,(H,26,27)/t16-/m0/s1. The Balaban J connectivity index is 1.57. The van der Waals surface area contributed by atoms with Crippen molar-refractivity contribution in [3.05, 3.63) is 82.8 Å². The van der Waals surface area contributed by atoms with Crippen LogP contribution >= 0.6 is 0 Å². The van der Waals surface area contributed by atoms with Gasteiger partial charge < -0.3 is 10.2 Å². The molecule has 0 saturated carbocycles. The average molecular weight is 389 g/mol. The smallest absolute Gasteiger partial charge is 0.254 e. The highest BCUT2D eigenvalue weighted by Crippen LogP contribution is 2.31. The zero-order valence-electron chi connectivity index (χ0n) is 16.9. The van der Waals surface area contributed by atoms with Crippen LogP contribution in [0.2, 0.25) is 0 Å². The van der Waals surface area contributed by atoms with Crippen LogP contribution in [0.3, 0.4) is 0 Å². The molecular formula is C24H24FN3O. The Morgan fingerprint density at radius 2 is 1.90 bits per heavy atom. The van der Waals surface area contributed by atoms with Gasteiger partial charge in [0.25, 0.3) is 5.91 Å². The monoisotopic (exact) mass is 389 g/mol. The topological polar surface area (TPSA) is 45.2 Å². The van der Waals surface area contributed by atoms with Gasteiger partial charge in [-0.25, -0.2) is 9.37 Å². The number of nitrogens with one attached hydrogen (secondary N) is 1. The number of rotatable bonds is 5. The molecule has 0 bridgehead atoms. The van der Waals surface area contributed by atoms with E-state index in [0.29, 0.717) is 30.0 Å². The normalized spacial score (nSPS) is 14.1. The first kappa shape index (κ1) is 19.1. The number of aromatic nitrogens is 1. The van der Waals surface area contributed by atoms with Crippen molar-refractivity contribution in [1.29, 1.82) is 0 Å². The highest BCUT2D eigenvalue weighted by Gasteiger charge is 2.29. The minimum absolute atomic E-state index is 0.0362. The van der Waals surface area contributed by atoms with Gasteiger partial charge in [-0.1, -0.05) is 42.0 Å². The molecule has 148 valence electrons. The van der Waals surface area contributed by atoms with Crippen LogP contribution < -0.4 is 5.32 Å². The van der Waals surface area contributed by atoms with Gasteiger partial charge in [-0.3, -0.25) is 4.79 Å². The molecule has 4 nitrogen and oxygen atoms in total. The van der Waals surface area contributed by atoms with E-state index in [-0.39, 0.29) is 17.8 Å². The van der Waals surface area contributed by atoms with Gasteiger partial charge in [-0.05, 0) is 44.0 Å². The summed E-state index contributed by atoms with van der Waals surface area (Å²) in [6.07, 6.45) is 1.64. The predicted molar refractivity (Wildman–Crippen MR) is 113 cm³/mol. The Morgan fingerprint density at radius 3 is 2.59 bits per heavy atom. The first-order valence-corrected chi connectivity index (χ1v) is 9.88. The number of hydrogen-bond acceptors (Lipinski definition) is 3. The number of hydrogen-bond donors (Lipinski definition) is 1. The third kappa shape index (κ3) is 3.60. The van der Waals surface area contributed by atoms with Gasteiger partial charge in [0.2, 0.25) is 0 Å². The molecule has 1 amide bonds. The van der Waals surface area contributed by atoms with Gasteiger partial charge in [-0.2, -0.15) is 0 Å². The van der Waals surface area contributed by atoms with Crippen LogP contribution in [-0.4, -0.2) is 22.3 Å². The average Bonchev–Trinajstić information content (AvgIpc) is 3.05. The summed E-state index contributed by atoms with van der Waals surface area (Å²) in [5.74, 6) is 0.468. The highest BCUT2D eigenvalue weighted by atomic mass is 19.1. The van der Waals surface area contributed by atoms with Crippen LogP contribution in [0.25, 0.3) is 11.1 Å². The number of amides is 1. The summed E-state index contributed by atoms with van der Waals surface area (Å²) in [7, 11) is 0. The number of halogens is 1. The van der Waals surface area contributed by atoms with Crippen LogP contribution in [0.4, 0.5) is 10.2 Å². The highest BCUT2D eigenvalue weighted by molar-refractivity contribution is 5.99. The number of benzene rings is 2. The summed E-state index contributed by atoms with van der Waals surface area (Å²) in [6, 6.07) is 14.8. The summed E-state index contributed by atoms with van der Waals surface area (Å²) < 4.78 is 14.8. The molecule has 3 aromatic rings. The first-order chi connectivity index (χ1) is 14.0. The zero-order chi connectivity index (χ0) is 20.5. The molecule has 1 aliphatic heterocycles. The second-order valence-electron chi connectivity index (χ2n) is 7.48. The molecule has 1 N–H and O–H groups in total. The molecule has 2 aromatic carbocycles. The van der Waals surface area contributed by atoms with E-state index in [0.717, 1.165) is 22.3 Å². The molecule has 5 heteroatoms. The largest absolute Gasteiger partial charge is 0.363 e. The Labute approximate surface area is 170 Å². The second kappa shape index (κ2) is 7.66. The summed E-state index contributed by atoms with van der Waals surface area (Å²) in [6.45, 7) is 7.15. The fraction of sp³-hybridized carbons (Fsp3) is 0.250. The lowest BCUT2D eigenvalue weighted by Gasteiger charge is -2.18. The SMILES string of the molecule is CCN1Cc2c(ccnc2N[C@@H](C)c2ccc(-c3ccc(C)cc3)c(F)c2)C1=O. The predicted octanol–water partition coefficient (Wildman–Crippen LogP) is 5.34. The van der Waals surface area contributed by atoms with Crippen molar-refractivity contribution in [1.82, 2.24) is 9.88 Å². The molecule has 0 aliphatic carbocycles. The van der Waals surface area contributed by atoms with Crippen molar-refractivity contribution in [2.45, 2.75) is 33.4 Å². The van der Waals surface area contributed by atoms with Crippen LogP contribution in [0.1, 0.15) is 46.9 Å². The fourth-order valence-electron chi connectivity index (χ4n) is 3.72. The van der Waals surface area contributed by atoms with Crippen molar-refractivity contribution in [2.75, 3.05) is 11.9 Å². The Kier molecular flexibility index (Phi) is 5.05. The first-order valence-electron chi connectivity index (χ1n) is 9.88. The Morgan fingerprint density at radius 1 is 1.14 bits per heavy atom. The minimum Gasteiger partial charge on any atom is -0.363 e. The summed E-state index contributed by atoms with van der Waals surface area (Å²) >= 11 is 0. The van der Waals surface area contributed by atoms with Gasteiger partial charge in [0.05, 0.1) is 12.6 Å². The molecule has 0 saturated heterocycles. The van der Waals surface area contributed by atoms with Crippen molar-refractivity contribution >= 4 is 11.7 Å². The van der Waals surface area contributed by atoms with E-state index in [2.05, 4.69) is 10.3 Å². The third-order valence-electron chi connectivity index (χ3n) is 5.51. The summed E-state index contributed by atoms with van der Waals surface area (Å²) in [5.41, 5.74) is 5.02. The van der Waals surface area contributed by atoms with E-state index in [1.165, 1.54) is 0 Å². The van der Waals surface area contributed by atoms with Crippen LogP contribution in [0.5, 0.6) is 0 Å². The van der Waals surface area contributed by atoms with Crippen LogP contribution in [-0.2, 0) is 6.54 Å². The fourth-order valence-corrected chi connectivity index (χ4v) is 3.72. The molecule has 1 aliphatic rings. The number of nitrogens with zero attached hydrogens (tertiary/aromatic N) is 2. The van der Waals surface area contributed by atoms with Crippen LogP contribution in [0, 0.1) is 12.7 Å². The van der Waals surface area contributed by atoms with Gasteiger partial charge >= 0.3 is 0 Å². The molecule has 0 fully saturated rings. The molecule has 1 atom stereocenters. The van der Waals surface area contributed by atoms with E-state index < -0.39 is 0 Å². The molecule has 29 heavy (non-hydrogen) atoms.